The van der Waals surface area contributed by atoms with Crippen LogP contribution in [0.15, 0.2) is 72.0 Å². The Labute approximate surface area is 196 Å². The Bertz CT molecular complexity index is 1380. The number of nitrogens with one attached hydrogen (secondary N) is 1. The molecule has 1 aliphatic heterocycles. The van der Waals surface area contributed by atoms with Gasteiger partial charge in [-0.3, -0.25) is 4.98 Å². The molecule has 1 saturated heterocycles. The summed E-state index contributed by atoms with van der Waals surface area (Å²) in [6.45, 7) is 1.71. The molecule has 0 atom stereocenters. The normalized spacial score (nSPS) is 15.0. The Kier molecular flexibility index (Phi) is 5.79. The molecule has 1 fully saturated rings. The van der Waals surface area contributed by atoms with Crippen molar-refractivity contribution in [2.75, 3.05) is 36.4 Å². The zero-order chi connectivity index (χ0) is 22.8. The van der Waals surface area contributed by atoms with Gasteiger partial charge in [0.15, 0.2) is 0 Å². The molecule has 0 bridgehead atoms. The van der Waals surface area contributed by atoms with Crippen LogP contribution in [0.25, 0.3) is 10.9 Å². The maximum absolute atomic E-state index is 13.1. The maximum atomic E-state index is 13.1. The smallest absolute Gasteiger partial charge is 0.245 e. The van der Waals surface area contributed by atoms with Crippen LogP contribution >= 0.6 is 11.6 Å². The number of fused-ring (bicyclic) bond motifs is 1. The maximum Gasteiger partial charge on any atom is 0.245 e. The largest absolute Gasteiger partial charge is 0.355 e. The average Bonchev–Trinajstić information content (AvgIpc) is 2.85. The Morgan fingerprint density at radius 1 is 0.879 bits per heavy atom. The molecule has 0 aliphatic carbocycles. The van der Waals surface area contributed by atoms with Gasteiger partial charge in [-0.2, -0.15) is 9.40 Å². The number of hydrogen-bond acceptors (Lipinski definition) is 8. The zero-order valence-corrected chi connectivity index (χ0v) is 19.0. The number of pyridine rings is 1. The van der Waals surface area contributed by atoms with Crippen LogP contribution in [0.3, 0.4) is 0 Å². The fraction of sp³-hybridized carbons (Fsp3) is 0.182. The third-order valence-electron chi connectivity index (χ3n) is 5.47. The number of rotatable bonds is 5. The van der Waals surface area contributed by atoms with E-state index in [4.69, 9.17) is 11.6 Å². The molecule has 1 aliphatic rings. The molecule has 9 nitrogen and oxygen atoms in total. The number of halogens is 1. The van der Waals surface area contributed by atoms with Gasteiger partial charge in [-0.1, -0.05) is 11.6 Å². The molecule has 5 rings (SSSR count). The van der Waals surface area contributed by atoms with Crippen LogP contribution in [-0.4, -0.2) is 59.1 Å². The van der Waals surface area contributed by atoms with Gasteiger partial charge in [0.1, 0.15) is 0 Å². The quantitative estimate of drug-likeness (QED) is 0.463. The van der Waals surface area contributed by atoms with Crippen molar-refractivity contribution in [3.05, 3.63) is 72.1 Å². The highest BCUT2D eigenvalue weighted by atomic mass is 35.5. The van der Waals surface area contributed by atoms with Crippen LogP contribution in [0.1, 0.15) is 0 Å². The molecule has 1 N–H and O–H groups in total. The lowest BCUT2D eigenvalue weighted by molar-refractivity contribution is 0.382. The van der Waals surface area contributed by atoms with Crippen LogP contribution in [0.4, 0.5) is 17.3 Å². The monoisotopic (exact) mass is 481 g/mol. The number of nitrogens with zero attached hydrogens (tertiary/aromatic N) is 6. The molecule has 33 heavy (non-hydrogen) atoms. The Morgan fingerprint density at radius 3 is 2.39 bits per heavy atom. The summed E-state index contributed by atoms with van der Waals surface area (Å²) in [5, 5.41) is 12.7. The topological polar surface area (TPSA) is 104 Å². The second kappa shape index (κ2) is 8.89. The summed E-state index contributed by atoms with van der Waals surface area (Å²) in [5.41, 5.74) is 2.42. The van der Waals surface area contributed by atoms with Crippen molar-refractivity contribution in [1.82, 2.24) is 24.5 Å². The second-order valence-corrected chi connectivity index (χ2v) is 9.88. The molecule has 11 heteroatoms. The van der Waals surface area contributed by atoms with E-state index in [0.717, 1.165) is 22.3 Å². The lowest BCUT2D eigenvalue weighted by Gasteiger charge is -2.33. The second-order valence-electron chi connectivity index (χ2n) is 7.50. The van der Waals surface area contributed by atoms with E-state index in [9.17, 15) is 8.42 Å². The van der Waals surface area contributed by atoms with Gasteiger partial charge in [-0.15, -0.1) is 5.10 Å². The van der Waals surface area contributed by atoms with E-state index in [1.807, 2.05) is 23.1 Å². The first-order valence-electron chi connectivity index (χ1n) is 10.3. The van der Waals surface area contributed by atoms with Crippen LogP contribution in [-0.2, 0) is 10.0 Å². The van der Waals surface area contributed by atoms with Crippen LogP contribution in [0.5, 0.6) is 0 Å². The van der Waals surface area contributed by atoms with E-state index in [-0.39, 0.29) is 4.90 Å². The lowest BCUT2D eigenvalue weighted by atomic mass is 10.2. The molecule has 0 amide bonds. The summed E-state index contributed by atoms with van der Waals surface area (Å²) in [6.07, 6.45) is 4.79. The van der Waals surface area contributed by atoms with Crippen molar-refractivity contribution in [3.8, 4) is 0 Å². The van der Waals surface area contributed by atoms with Crippen molar-refractivity contribution in [2.24, 2.45) is 0 Å². The summed E-state index contributed by atoms with van der Waals surface area (Å²) in [7, 11) is -3.60. The standard InChI is InChI=1S/C22H20ClN7O2S/c23-16-1-6-19-20(7-8-24-21(19)15-16)27-17-2-4-18(5-3-17)33(31,32)30-13-11-29(12-14-30)22-25-9-10-26-28-22/h1-10,15H,11-14H2,(H,24,27). The average molecular weight is 482 g/mol. The fourth-order valence-corrected chi connectivity index (χ4v) is 5.35. The number of anilines is 3. The van der Waals surface area contributed by atoms with Crippen LogP contribution in [0.2, 0.25) is 5.02 Å². The highest BCUT2D eigenvalue weighted by Gasteiger charge is 2.29. The third-order valence-corrected chi connectivity index (χ3v) is 7.62. The Hall–Kier alpha value is -3.34. The minimum Gasteiger partial charge on any atom is -0.355 e. The molecule has 2 aromatic carbocycles. The van der Waals surface area contributed by atoms with E-state index in [2.05, 4.69) is 25.5 Å². The highest BCUT2D eigenvalue weighted by molar-refractivity contribution is 7.89. The van der Waals surface area contributed by atoms with Gasteiger partial charge in [0.05, 0.1) is 22.8 Å². The van der Waals surface area contributed by atoms with Gasteiger partial charge in [0, 0.05) is 54.2 Å². The minimum absolute atomic E-state index is 0.255. The summed E-state index contributed by atoms with van der Waals surface area (Å²) in [6, 6.07) is 14.1. The van der Waals surface area contributed by atoms with Crippen LogP contribution < -0.4 is 10.2 Å². The Morgan fingerprint density at radius 2 is 1.67 bits per heavy atom. The molecule has 4 aromatic rings. The van der Waals surface area contributed by atoms with Gasteiger partial charge in [-0.05, 0) is 48.5 Å². The highest BCUT2D eigenvalue weighted by Crippen LogP contribution is 2.28. The molecular weight excluding hydrogens is 462 g/mol. The van der Waals surface area contributed by atoms with Gasteiger partial charge in [-0.25, -0.2) is 13.4 Å². The van der Waals surface area contributed by atoms with Gasteiger partial charge < -0.3 is 10.2 Å². The van der Waals surface area contributed by atoms with E-state index in [1.165, 1.54) is 10.5 Å². The number of hydrogen-bond donors (Lipinski definition) is 1. The predicted molar refractivity (Wildman–Crippen MR) is 127 cm³/mol. The Balaban J connectivity index is 1.29. The molecule has 168 valence electrons. The first-order chi connectivity index (χ1) is 16.0. The zero-order valence-electron chi connectivity index (χ0n) is 17.5. The predicted octanol–water partition coefficient (Wildman–Crippen LogP) is 3.33. The molecule has 0 spiro atoms. The lowest BCUT2D eigenvalue weighted by Crippen LogP contribution is -2.49. The summed E-state index contributed by atoms with van der Waals surface area (Å²) >= 11 is 6.06. The number of sulfonamides is 1. The van der Waals surface area contributed by atoms with Crippen molar-refractivity contribution >= 4 is 49.9 Å². The fourth-order valence-electron chi connectivity index (χ4n) is 3.76. The van der Waals surface area contributed by atoms with Crippen molar-refractivity contribution < 1.29 is 8.42 Å². The third kappa shape index (κ3) is 4.45. The van der Waals surface area contributed by atoms with Gasteiger partial charge >= 0.3 is 0 Å². The van der Waals surface area contributed by atoms with Crippen LogP contribution in [0, 0.1) is 0 Å². The minimum atomic E-state index is -3.60. The van der Waals surface area contributed by atoms with Gasteiger partial charge in [0.2, 0.25) is 16.0 Å². The molecule has 2 aromatic heterocycles. The number of aromatic nitrogens is 4. The van der Waals surface area contributed by atoms with Crippen molar-refractivity contribution in [1.29, 1.82) is 0 Å². The summed E-state index contributed by atoms with van der Waals surface area (Å²) in [5.74, 6) is 0.510. The van der Waals surface area contributed by atoms with E-state index >= 15 is 0 Å². The SMILES string of the molecule is O=S(=O)(c1ccc(Nc2ccnc3cc(Cl)ccc23)cc1)N1CCN(c2nccnn2)CC1. The van der Waals surface area contributed by atoms with E-state index in [1.54, 1.807) is 42.7 Å². The summed E-state index contributed by atoms with van der Waals surface area (Å²) in [4.78, 5) is 10.7. The first kappa shape index (κ1) is 21.5. The van der Waals surface area contributed by atoms with Crippen molar-refractivity contribution in [2.45, 2.75) is 4.90 Å². The first-order valence-corrected chi connectivity index (χ1v) is 12.1. The molecule has 0 unspecified atom stereocenters. The molecule has 0 radical (unpaired) electrons. The van der Waals surface area contributed by atoms with E-state index < -0.39 is 10.0 Å². The number of benzene rings is 2. The summed E-state index contributed by atoms with van der Waals surface area (Å²) < 4.78 is 27.7. The molecular formula is C22H20ClN7O2S. The van der Waals surface area contributed by atoms with Gasteiger partial charge in [0.25, 0.3) is 0 Å². The molecule has 0 saturated carbocycles. The van der Waals surface area contributed by atoms with Crippen molar-refractivity contribution in [3.63, 3.8) is 0 Å². The number of piperazine rings is 1. The molecule has 3 heterocycles. The van der Waals surface area contributed by atoms with E-state index in [0.29, 0.717) is 37.1 Å².